The Kier molecular flexibility index (Phi) is 4.16. The SMILES string of the molecule is Nc1nc(SCCOc2ccc(F)cc2)ns1. The van der Waals surface area contributed by atoms with Gasteiger partial charge >= 0.3 is 0 Å². The lowest BCUT2D eigenvalue weighted by Gasteiger charge is -2.04. The molecule has 17 heavy (non-hydrogen) atoms. The molecule has 0 radical (unpaired) electrons. The molecule has 0 spiro atoms. The maximum atomic E-state index is 12.6. The third-order valence-corrected chi connectivity index (χ3v) is 3.29. The molecule has 2 rings (SSSR count). The zero-order valence-electron chi connectivity index (χ0n) is 8.80. The van der Waals surface area contributed by atoms with Gasteiger partial charge in [-0.2, -0.15) is 9.36 Å². The van der Waals surface area contributed by atoms with Gasteiger partial charge in [-0.15, -0.1) is 0 Å². The Balaban J connectivity index is 1.71. The van der Waals surface area contributed by atoms with Crippen molar-refractivity contribution < 1.29 is 9.13 Å². The van der Waals surface area contributed by atoms with Crippen molar-refractivity contribution in [1.82, 2.24) is 9.36 Å². The van der Waals surface area contributed by atoms with Crippen LogP contribution in [0.1, 0.15) is 0 Å². The normalized spacial score (nSPS) is 10.4. The minimum atomic E-state index is -0.270. The molecule has 0 unspecified atom stereocenters. The second-order valence-electron chi connectivity index (χ2n) is 3.07. The number of rotatable bonds is 5. The van der Waals surface area contributed by atoms with E-state index in [4.69, 9.17) is 10.5 Å². The molecule has 4 nitrogen and oxygen atoms in total. The highest BCUT2D eigenvalue weighted by Gasteiger charge is 2.01. The number of halogens is 1. The van der Waals surface area contributed by atoms with Crippen LogP contribution < -0.4 is 10.5 Å². The van der Waals surface area contributed by atoms with Gasteiger partial charge in [-0.25, -0.2) is 4.39 Å². The molecule has 0 aliphatic heterocycles. The van der Waals surface area contributed by atoms with Crippen molar-refractivity contribution in [3.8, 4) is 5.75 Å². The van der Waals surface area contributed by atoms with Crippen LogP contribution in [0.15, 0.2) is 29.4 Å². The fraction of sp³-hybridized carbons (Fsp3) is 0.200. The number of aromatic nitrogens is 2. The molecule has 90 valence electrons. The third-order valence-electron chi connectivity index (χ3n) is 1.82. The molecule has 0 saturated heterocycles. The molecule has 1 heterocycles. The van der Waals surface area contributed by atoms with Crippen molar-refractivity contribution in [3.63, 3.8) is 0 Å². The van der Waals surface area contributed by atoms with E-state index in [1.54, 1.807) is 12.1 Å². The second-order valence-corrected chi connectivity index (χ2v) is 4.91. The summed E-state index contributed by atoms with van der Waals surface area (Å²) in [5, 5.41) is 1.13. The standard InChI is InChI=1S/C10H10FN3OS2/c11-7-1-3-8(4-2-7)15-5-6-16-10-13-9(12)17-14-10/h1-4H,5-6H2,(H2,12,13,14). The van der Waals surface area contributed by atoms with Crippen LogP contribution in [-0.4, -0.2) is 21.7 Å². The number of anilines is 1. The molecular weight excluding hydrogens is 261 g/mol. The minimum absolute atomic E-state index is 0.270. The summed E-state index contributed by atoms with van der Waals surface area (Å²) in [6.45, 7) is 0.509. The highest BCUT2D eigenvalue weighted by atomic mass is 32.2. The smallest absolute Gasteiger partial charge is 0.202 e. The molecule has 0 atom stereocenters. The van der Waals surface area contributed by atoms with Gasteiger partial charge in [0.1, 0.15) is 11.6 Å². The summed E-state index contributed by atoms with van der Waals surface area (Å²) in [5.41, 5.74) is 5.45. The molecule has 0 aliphatic rings. The molecule has 0 fully saturated rings. The first-order valence-electron chi connectivity index (χ1n) is 4.84. The zero-order valence-corrected chi connectivity index (χ0v) is 10.4. The molecule has 1 aromatic heterocycles. The summed E-state index contributed by atoms with van der Waals surface area (Å²) < 4.78 is 22.1. The van der Waals surface area contributed by atoms with Crippen LogP contribution in [0, 0.1) is 5.82 Å². The van der Waals surface area contributed by atoms with Crippen molar-refractivity contribution in [2.45, 2.75) is 5.16 Å². The summed E-state index contributed by atoms with van der Waals surface area (Å²) in [4.78, 5) is 4.01. The largest absolute Gasteiger partial charge is 0.493 e. The summed E-state index contributed by atoms with van der Waals surface area (Å²) in [5.74, 6) is 1.10. The maximum Gasteiger partial charge on any atom is 0.202 e. The van der Waals surface area contributed by atoms with Crippen LogP contribution in [0.4, 0.5) is 9.52 Å². The summed E-state index contributed by atoms with van der Waals surface area (Å²) in [7, 11) is 0. The van der Waals surface area contributed by atoms with Crippen LogP contribution in [0.25, 0.3) is 0 Å². The molecule has 7 heteroatoms. The van der Waals surface area contributed by atoms with E-state index in [1.807, 2.05) is 0 Å². The highest BCUT2D eigenvalue weighted by molar-refractivity contribution is 7.99. The first-order valence-corrected chi connectivity index (χ1v) is 6.60. The first-order chi connectivity index (χ1) is 8.24. The van der Waals surface area contributed by atoms with E-state index < -0.39 is 0 Å². The van der Waals surface area contributed by atoms with Crippen molar-refractivity contribution in [1.29, 1.82) is 0 Å². The lowest BCUT2D eigenvalue weighted by Crippen LogP contribution is -2.00. The van der Waals surface area contributed by atoms with Gasteiger partial charge in [-0.1, -0.05) is 11.8 Å². The molecule has 1 aromatic carbocycles. The number of hydrogen-bond donors (Lipinski definition) is 1. The molecule has 0 amide bonds. The molecule has 0 aliphatic carbocycles. The van der Waals surface area contributed by atoms with E-state index in [1.165, 1.54) is 35.4 Å². The zero-order chi connectivity index (χ0) is 12.1. The predicted molar refractivity (Wildman–Crippen MR) is 66.9 cm³/mol. The maximum absolute atomic E-state index is 12.6. The summed E-state index contributed by atoms with van der Waals surface area (Å²) in [6.07, 6.45) is 0. The third kappa shape index (κ3) is 3.86. The lowest BCUT2D eigenvalue weighted by molar-refractivity contribution is 0.343. The van der Waals surface area contributed by atoms with E-state index >= 15 is 0 Å². The fourth-order valence-corrected chi connectivity index (χ4v) is 2.34. The number of hydrogen-bond acceptors (Lipinski definition) is 6. The Morgan fingerprint density at radius 2 is 2.12 bits per heavy atom. The second kappa shape index (κ2) is 5.83. The predicted octanol–water partition coefficient (Wildman–Crippen LogP) is 2.43. The van der Waals surface area contributed by atoms with Crippen LogP contribution in [0.5, 0.6) is 5.75 Å². The summed E-state index contributed by atoms with van der Waals surface area (Å²) >= 11 is 2.65. The van der Waals surface area contributed by atoms with Gasteiger partial charge in [-0.3, -0.25) is 0 Å². The number of ether oxygens (including phenoxy) is 1. The van der Waals surface area contributed by atoms with E-state index in [9.17, 15) is 4.39 Å². The first kappa shape index (κ1) is 12.1. The van der Waals surface area contributed by atoms with Gasteiger partial charge in [0, 0.05) is 17.3 Å². The summed E-state index contributed by atoms with van der Waals surface area (Å²) in [6, 6.07) is 5.93. The lowest BCUT2D eigenvalue weighted by atomic mass is 10.3. The Morgan fingerprint density at radius 1 is 1.35 bits per heavy atom. The van der Waals surface area contributed by atoms with E-state index in [0.29, 0.717) is 28.4 Å². The topological polar surface area (TPSA) is 61.0 Å². The monoisotopic (exact) mass is 271 g/mol. The van der Waals surface area contributed by atoms with E-state index in [0.717, 1.165) is 0 Å². The van der Waals surface area contributed by atoms with Crippen molar-refractivity contribution >= 4 is 28.4 Å². The molecule has 0 bridgehead atoms. The highest BCUT2D eigenvalue weighted by Crippen LogP contribution is 2.18. The molecule has 0 saturated carbocycles. The number of nitrogen functional groups attached to an aromatic ring is 1. The number of thioether (sulfide) groups is 1. The quantitative estimate of drug-likeness (QED) is 0.668. The van der Waals surface area contributed by atoms with Gasteiger partial charge < -0.3 is 10.5 Å². The Labute approximate surface area is 106 Å². The van der Waals surface area contributed by atoms with Crippen LogP contribution in [-0.2, 0) is 0 Å². The molecule has 2 N–H and O–H groups in total. The Morgan fingerprint density at radius 3 is 2.76 bits per heavy atom. The van der Waals surface area contributed by atoms with Crippen molar-refractivity contribution in [2.75, 3.05) is 18.1 Å². The minimum Gasteiger partial charge on any atom is -0.493 e. The van der Waals surface area contributed by atoms with E-state index in [2.05, 4.69) is 9.36 Å². The van der Waals surface area contributed by atoms with Gasteiger partial charge in [0.2, 0.25) is 10.3 Å². The average Bonchev–Trinajstić information content (AvgIpc) is 2.73. The Hall–Kier alpha value is -1.34. The van der Waals surface area contributed by atoms with Crippen LogP contribution in [0.3, 0.4) is 0 Å². The molecular formula is C10H10FN3OS2. The van der Waals surface area contributed by atoms with Crippen LogP contribution >= 0.6 is 23.3 Å². The van der Waals surface area contributed by atoms with Gasteiger partial charge in [0.15, 0.2) is 0 Å². The number of benzene rings is 1. The van der Waals surface area contributed by atoms with Gasteiger partial charge in [0.05, 0.1) is 6.61 Å². The van der Waals surface area contributed by atoms with Crippen LogP contribution in [0.2, 0.25) is 0 Å². The number of nitrogens with zero attached hydrogens (tertiary/aromatic N) is 2. The van der Waals surface area contributed by atoms with Gasteiger partial charge in [0.25, 0.3) is 0 Å². The van der Waals surface area contributed by atoms with Crippen molar-refractivity contribution in [2.24, 2.45) is 0 Å². The number of nitrogens with two attached hydrogens (primary N) is 1. The fourth-order valence-electron chi connectivity index (χ4n) is 1.10. The Bertz CT molecular complexity index is 475. The van der Waals surface area contributed by atoms with Gasteiger partial charge in [-0.05, 0) is 24.3 Å². The van der Waals surface area contributed by atoms with Crippen molar-refractivity contribution in [3.05, 3.63) is 30.1 Å². The average molecular weight is 271 g/mol. The molecule has 2 aromatic rings. The van der Waals surface area contributed by atoms with E-state index in [-0.39, 0.29) is 5.82 Å².